The molecule has 0 aromatic carbocycles. The maximum atomic E-state index is 11.7. The van der Waals surface area contributed by atoms with Crippen LogP contribution in [0.4, 0.5) is 0 Å². The summed E-state index contributed by atoms with van der Waals surface area (Å²) in [7, 11) is 0. The Morgan fingerprint density at radius 1 is 1.37 bits per heavy atom. The number of hydrogen-bond acceptors (Lipinski definition) is 4. The number of hydrogen-bond donors (Lipinski definition) is 2. The van der Waals surface area contributed by atoms with Crippen molar-refractivity contribution >= 4 is 5.97 Å². The van der Waals surface area contributed by atoms with E-state index < -0.39 is 12.2 Å². The van der Waals surface area contributed by atoms with Crippen LogP contribution < -0.4 is 0 Å². The summed E-state index contributed by atoms with van der Waals surface area (Å²) in [6, 6.07) is 0. The molecule has 3 rings (SSSR count). The minimum atomic E-state index is -0.516. The van der Waals surface area contributed by atoms with Crippen molar-refractivity contribution in [3.05, 3.63) is 12.2 Å². The van der Waals surface area contributed by atoms with E-state index in [1.807, 2.05) is 6.92 Å². The number of fused-ring (bicyclic) bond motifs is 2. The van der Waals surface area contributed by atoms with Gasteiger partial charge in [-0.05, 0) is 30.1 Å². The normalized spacial score (nSPS) is 53.5. The van der Waals surface area contributed by atoms with Crippen LogP contribution in [0.3, 0.4) is 0 Å². The summed E-state index contributed by atoms with van der Waals surface area (Å²) >= 11 is 0. The molecule has 1 heterocycles. The molecule has 0 aromatic rings. The van der Waals surface area contributed by atoms with Gasteiger partial charge < -0.3 is 14.9 Å². The Labute approximate surface area is 113 Å². The van der Waals surface area contributed by atoms with E-state index in [1.54, 1.807) is 0 Å². The van der Waals surface area contributed by atoms with Gasteiger partial charge in [-0.15, -0.1) is 0 Å². The smallest absolute Gasteiger partial charge is 0.334 e. The number of esters is 1. The lowest BCUT2D eigenvalue weighted by Gasteiger charge is -2.37. The van der Waals surface area contributed by atoms with Gasteiger partial charge in [0, 0.05) is 17.9 Å². The van der Waals surface area contributed by atoms with E-state index in [2.05, 4.69) is 13.5 Å². The molecule has 2 aliphatic carbocycles. The van der Waals surface area contributed by atoms with Crippen LogP contribution in [-0.4, -0.2) is 34.5 Å². The van der Waals surface area contributed by atoms with Gasteiger partial charge in [0.1, 0.15) is 6.10 Å². The van der Waals surface area contributed by atoms with Crippen LogP contribution in [0.1, 0.15) is 33.1 Å². The third kappa shape index (κ3) is 1.69. The first kappa shape index (κ1) is 13.1. The summed E-state index contributed by atoms with van der Waals surface area (Å²) in [5.41, 5.74) is 0.183. The number of aliphatic hydroxyl groups is 2. The highest BCUT2D eigenvalue weighted by atomic mass is 16.6. The molecule has 7 atom stereocenters. The molecule has 0 unspecified atom stereocenters. The van der Waals surface area contributed by atoms with Crippen LogP contribution >= 0.6 is 0 Å². The van der Waals surface area contributed by atoms with Gasteiger partial charge in [-0.2, -0.15) is 0 Å². The first-order valence-electron chi connectivity index (χ1n) is 7.10. The highest BCUT2D eigenvalue weighted by Crippen LogP contribution is 2.56. The van der Waals surface area contributed by atoms with Crippen molar-refractivity contribution in [1.29, 1.82) is 0 Å². The molecule has 4 heteroatoms. The fraction of sp³-hybridized carbons (Fsp3) is 0.800. The highest BCUT2D eigenvalue weighted by molar-refractivity contribution is 5.90. The molecule has 1 saturated heterocycles. The van der Waals surface area contributed by atoms with E-state index >= 15 is 0 Å². The Kier molecular flexibility index (Phi) is 2.81. The number of carbonyl (C=O) groups excluding carboxylic acids is 1. The average molecular weight is 266 g/mol. The molecule has 0 aromatic heterocycles. The van der Waals surface area contributed by atoms with Crippen LogP contribution in [0, 0.1) is 23.2 Å². The molecule has 2 saturated carbocycles. The van der Waals surface area contributed by atoms with Crippen molar-refractivity contribution in [2.24, 2.45) is 23.2 Å². The fourth-order valence-corrected chi connectivity index (χ4v) is 4.73. The standard InChI is InChI=1S/C15H22O4/c1-7-4-11-9(8(2)14(18)19-11)6-15(3)12(17)5-10(16)13(7)15/h7,9-13,16-17H,2,4-6H2,1,3H3/t7-,9-,10-,11+,12-,13-,15-/m1/s1. The van der Waals surface area contributed by atoms with Crippen LogP contribution in [0.2, 0.25) is 0 Å². The Morgan fingerprint density at radius 3 is 2.74 bits per heavy atom. The van der Waals surface area contributed by atoms with Gasteiger partial charge in [-0.1, -0.05) is 20.4 Å². The van der Waals surface area contributed by atoms with Crippen LogP contribution in [-0.2, 0) is 9.53 Å². The molecule has 2 N–H and O–H groups in total. The molecule has 0 bridgehead atoms. The van der Waals surface area contributed by atoms with Gasteiger partial charge in [-0.25, -0.2) is 4.79 Å². The number of aliphatic hydroxyl groups excluding tert-OH is 2. The van der Waals surface area contributed by atoms with Gasteiger partial charge >= 0.3 is 5.97 Å². The van der Waals surface area contributed by atoms with E-state index in [1.165, 1.54) is 0 Å². The second-order valence-corrected chi connectivity index (χ2v) is 6.84. The van der Waals surface area contributed by atoms with E-state index in [4.69, 9.17) is 4.74 Å². The highest BCUT2D eigenvalue weighted by Gasteiger charge is 2.58. The summed E-state index contributed by atoms with van der Waals surface area (Å²) < 4.78 is 5.41. The molecule has 0 spiro atoms. The molecule has 3 fully saturated rings. The molecule has 4 nitrogen and oxygen atoms in total. The number of carbonyl (C=O) groups is 1. The molecule has 3 aliphatic rings. The largest absolute Gasteiger partial charge is 0.458 e. The summed E-state index contributed by atoms with van der Waals surface area (Å²) in [6.45, 7) is 7.98. The van der Waals surface area contributed by atoms with Crippen molar-refractivity contribution in [3.8, 4) is 0 Å². The maximum Gasteiger partial charge on any atom is 0.334 e. The first-order chi connectivity index (χ1) is 8.84. The molecular weight excluding hydrogens is 244 g/mol. The molecule has 0 amide bonds. The summed E-state index contributed by atoms with van der Waals surface area (Å²) in [5.74, 6) is -0.00682. The topological polar surface area (TPSA) is 66.8 Å². The van der Waals surface area contributed by atoms with E-state index in [0.717, 1.165) is 6.42 Å². The van der Waals surface area contributed by atoms with Crippen molar-refractivity contribution in [1.82, 2.24) is 0 Å². The molecular formula is C15H22O4. The van der Waals surface area contributed by atoms with Crippen molar-refractivity contribution in [2.75, 3.05) is 0 Å². The van der Waals surface area contributed by atoms with E-state index in [-0.39, 0.29) is 35.2 Å². The monoisotopic (exact) mass is 266 g/mol. The summed E-state index contributed by atoms with van der Waals surface area (Å²) in [6.07, 6.45) is 0.755. The predicted octanol–water partition coefficient (Wildman–Crippen LogP) is 1.26. The lowest BCUT2D eigenvalue weighted by molar-refractivity contribution is -0.139. The van der Waals surface area contributed by atoms with Crippen molar-refractivity contribution in [2.45, 2.75) is 51.4 Å². The Balaban J connectivity index is 1.98. The van der Waals surface area contributed by atoms with E-state index in [9.17, 15) is 15.0 Å². The lowest BCUT2D eigenvalue weighted by Crippen LogP contribution is -2.37. The Morgan fingerprint density at radius 2 is 2.05 bits per heavy atom. The van der Waals surface area contributed by atoms with Crippen LogP contribution in [0.15, 0.2) is 12.2 Å². The van der Waals surface area contributed by atoms with Gasteiger partial charge in [0.15, 0.2) is 0 Å². The lowest BCUT2D eigenvalue weighted by atomic mass is 9.69. The third-order valence-corrected chi connectivity index (χ3v) is 5.70. The summed E-state index contributed by atoms with van der Waals surface area (Å²) in [4.78, 5) is 11.7. The Hall–Kier alpha value is -0.870. The summed E-state index contributed by atoms with van der Waals surface area (Å²) in [5, 5.41) is 20.6. The molecule has 1 aliphatic heterocycles. The maximum absolute atomic E-state index is 11.7. The molecule has 0 radical (unpaired) electrons. The van der Waals surface area contributed by atoms with E-state index in [0.29, 0.717) is 18.4 Å². The third-order valence-electron chi connectivity index (χ3n) is 5.70. The SMILES string of the molecule is C=C1C(=O)O[C@H]2C[C@@H](C)[C@@H]3[C@H](O)C[C@@H](O)[C@@]3(C)C[C@H]12. The zero-order chi connectivity index (χ0) is 13.9. The number of rotatable bonds is 0. The van der Waals surface area contributed by atoms with Gasteiger partial charge in [0.05, 0.1) is 12.2 Å². The average Bonchev–Trinajstić information content (AvgIpc) is 2.63. The predicted molar refractivity (Wildman–Crippen MR) is 69.1 cm³/mol. The quantitative estimate of drug-likeness (QED) is 0.512. The second-order valence-electron chi connectivity index (χ2n) is 6.84. The fourth-order valence-electron chi connectivity index (χ4n) is 4.73. The minimum absolute atomic E-state index is 0.00935. The second kappa shape index (κ2) is 4.06. The van der Waals surface area contributed by atoms with Crippen molar-refractivity contribution in [3.63, 3.8) is 0 Å². The van der Waals surface area contributed by atoms with Crippen molar-refractivity contribution < 1.29 is 19.7 Å². The van der Waals surface area contributed by atoms with Crippen LogP contribution in [0.25, 0.3) is 0 Å². The molecule has 106 valence electrons. The van der Waals surface area contributed by atoms with Gasteiger partial charge in [-0.3, -0.25) is 0 Å². The first-order valence-corrected chi connectivity index (χ1v) is 7.10. The Bertz CT molecular complexity index is 432. The zero-order valence-electron chi connectivity index (χ0n) is 11.5. The molecule has 19 heavy (non-hydrogen) atoms. The zero-order valence-corrected chi connectivity index (χ0v) is 11.5. The van der Waals surface area contributed by atoms with Gasteiger partial charge in [0.25, 0.3) is 0 Å². The van der Waals surface area contributed by atoms with Gasteiger partial charge in [0.2, 0.25) is 0 Å². The number of ether oxygens (including phenoxy) is 1. The van der Waals surface area contributed by atoms with Crippen LogP contribution in [0.5, 0.6) is 0 Å². The minimum Gasteiger partial charge on any atom is -0.458 e.